The Labute approximate surface area is 183 Å². The number of aromatic nitrogens is 2. The van der Waals surface area contributed by atoms with Gasteiger partial charge in [-0.2, -0.15) is 0 Å². The number of nitrogens with zero attached hydrogens (tertiary/aromatic N) is 3. The molecule has 2 fully saturated rings. The molecule has 0 radical (unpaired) electrons. The van der Waals surface area contributed by atoms with Crippen molar-refractivity contribution in [2.45, 2.75) is 44.3 Å². The van der Waals surface area contributed by atoms with Gasteiger partial charge in [-0.25, -0.2) is 9.78 Å². The molecule has 0 spiro atoms. The molecule has 1 N–H and O–H groups in total. The van der Waals surface area contributed by atoms with Crippen LogP contribution in [0.15, 0.2) is 60.9 Å². The maximum atomic E-state index is 13.4. The second-order valence-electron chi connectivity index (χ2n) is 8.75. The first-order chi connectivity index (χ1) is 15.3. The number of carbonyl (C=O) groups is 1. The highest BCUT2D eigenvalue weighted by molar-refractivity contribution is 5.76. The standard InChI is InChI=1S/C25H30N4O2/c30-25(27-23(15-19-12-14-31-17-19)20-7-2-1-3-8-20)29-13-6-9-21(29)16-28-18-26-22-10-4-5-11-24(22)28/h1-5,7-8,10-11,18-19,21,23H,6,9,12-17H2,(H,27,30). The van der Waals surface area contributed by atoms with E-state index in [0.29, 0.717) is 5.92 Å². The summed E-state index contributed by atoms with van der Waals surface area (Å²) in [6.07, 6.45) is 5.94. The van der Waals surface area contributed by atoms with Crippen LogP contribution in [0.1, 0.15) is 37.3 Å². The van der Waals surface area contributed by atoms with Crippen LogP contribution in [0.25, 0.3) is 11.0 Å². The number of hydrogen-bond donors (Lipinski definition) is 1. The van der Waals surface area contributed by atoms with Gasteiger partial charge in [0, 0.05) is 26.3 Å². The Bertz CT molecular complexity index is 1010. The second-order valence-corrected chi connectivity index (χ2v) is 8.75. The summed E-state index contributed by atoms with van der Waals surface area (Å²) in [6, 6.07) is 18.7. The lowest BCUT2D eigenvalue weighted by molar-refractivity contribution is 0.173. The number of rotatable bonds is 6. The molecule has 0 aliphatic carbocycles. The molecule has 2 aromatic carbocycles. The average Bonchev–Trinajstić information content (AvgIpc) is 3.56. The molecule has 0 bridgehead atoms. The molecule has 162 valence electrons. The van der Waals surface area contributed by atoms with Crippen molar-refractivity contribution in [1.29, 1.82) is 0 Å². The van der Waals surface area contributed by atoms with Gasteiger partial charge in [-0.05, 0) is 49.3 Å². The average molecular weight is 419 g/mol. The van der Waals surface area contributed by atoms with Crippen LogP contribution in [-0.2, 0) is 11.3 Å². The number of likely N-dealkylation sites (tertiary alicyclic amines) is 1. The molecule has 31 heavy (non-hydrogen) atoms. The summed E-state index contributed by atoms with van der Waals surface area (Å²) in [5.41, 5.74) is 3.29. The van der Waals surface area contributed by atoms with Crippen LogP contribution in [-0.4, -0.2) is 46.3 Å². The van der Waals surface area contributed by atoms with Gasteiger partial charge in [0.2, 0.25) is 0 Å². The number of urea groups is 1. The van der Waals surface area contributed by atoms with Crippen LogP contribution < -0.4 is 5.32 Å². The van der Waals surface area contributed by atoms with Gasteiger partial charge in [-0.15, -0.1) is 0 Å². The van der Waals surface area contributed by atoms with Crippen molar-refractivity contribution >= 4 is 17.1 Å². The highest BCUT2D eigenvalue weighted by atomic mass is 16.5. The van der Waals surface area contributed by atoms with Gasteiger partial charge in [0.1, 0.15) is 0 Å². The molecule has 3 atom stereocenters. The maximum Gasteiger partial charge on any atom is 0.318 e. The summed E-state index contributed by atoms with van der Waals surface area (Å²) in [7, 11) is 0. The number of benzene rings is 2. The summed E-state index contributed by atoms with van der Waals surface area (Å²) in [6.45, 7) is 3.20. The number of hydrogen-bond acceptors (Lipinski definition) is 3. The van der Waals surface area contributed by atoms with E-state index >= 15 is 0 Å². The molecule has 3 unspecified atom stereocenters. The van der Waals surface area contributed by atoms with E-state index in [1.165, 1.54) is 5.56 Å². The minimum absolute atomic E-state index is 0.00993. The van der Waals surface area contributed by atoms with Gasteiger partial charge in [0.15, 0.2) is 0 Å². The summed E-state index contributed by atoms with van der Waals surface area (Å²) < 4.78 is 7.75. The molecule has 3 heterocycles. The van der Waals surface area contributed by atoms with E-state index in [0.717, 1.165) is 63.0 Å². The SMILES string of the molecule is O=C(NC(CC1CCOC1)c1ccccc1)N1CCCC1Cn1cnc2ccccc21. The molecule has 2 aliphatic heterocycles. The highest BCUT2D eigenvalue weighted by Gasteiger charge is 2.31. The maximum absolute atomic E-state index is 13.4. The Kier molecular flexibility index (Phi) is 5.89. The van der Waals surface area contributed by atoms with E-state index in [-0.39, 0.29) is 18.1 Å². The van der Waals surface area contributed by atoms with E-state index < -0.39 is 0 Å². The fraction of sp³-hybridized carbons (Fsp3) is 0.440. The van der Waals surface area contributed by atoms with E-state index in [9.17, 15) is 4.79 Å². The molecule has 1 aromatic heterocycles. The number of imidazole rings is 1. The van der Waals surface area contributed by atoms with E-state index in [1.54, 1.807) is 0 Å². The van der Waals surface area contributed by atoms with Gasteiger partial charge in [-0.3, -0.25) is 0 Å². The van der Waals surface area contributed by atoms with Gasteiger partial charge in [0.05, 0.1) is 29.4 Å². The van der Waals surface area contributed by atoms with Crippen molar-refractivity contribution in [2.24, 2.45) is 5.92 Å². The summed E-state index contributed by atoms with van der Waals surface area (Å²) in [4.78, 5) is 19.9. The smallest absolute Gasteiger partial charge is 0.318 e. The number of fused-ring (bicyclic) bond motifs is 1. The quantitative estimate of drug-likeness (QED) is 0.646. The normalized spacial score (nSPS) is 22.1. The molecular weight excluding hydrogens is 388 g/mol. The Morgan fingerprint density at radius 1 is 1.13 bits per heavy atom. The van der Waals surface area contributed by atoms with Crippen molar-refractivity contribution in [3.8, 4) is 0 Å². The van der Waals surface area contributed by atoms with Crippen molar-refractivity contribution in [3.05, 3.63) is 66.5 Å². The van der Waals surface area contributed by atoms with Crippen molar-refractivity contribution < 1.29 is 9.53 Å². The highest BCUT2D eigenvalue weighted by Crippen LogP contribution is 2.28. The van der Waals surface area contributed by atoms with Crippen molar-refractivity contribution in [2.75, 3.05) is 19.8 Å². The molecule has 2 aliphatic rings. The van der Waals surface area contributed by atoms with Crippen LogP contribution in [0.3, 0.4) is 0 Å². The Morgan fingerprint density at radius 3 is 2.81 bits per heavy atom. The van der Waals surface area contributed by atoms with Crippen LogP contribution in [0.5, 0.6) is 0 Å². The zero-order valence-electron chi connectivity index (χ0n) is 17.8. The van der Waals surface area contributed by atoms with Crippen LogP contribution in [0, 0.1) is 5.92 Å². The second kappa shape index (κ2) is 9.10. The Hall–Kier alpha value is -2.86. The third-order valence-corrected chi connectivity index (χ3v) is 6.67. The van der Waals surface area contributed by atoms with Crippen LogP contribution >= 0.6 is 0 Å². The van der Waals surface area contributed by atoms with Crippen molar-refractivity contribution in [3.63, 3.8) is 0 Å². The Balaban J connectivity index is 1.30. The lowest BCUT2D eigenvalue weighted by atomic mass is 9.94. The fourth-order valence-electron chi connectivity index (χ4n) is 4.97. The molecule has 6 heteroatoms. The predicted octanol–water partition coefficient (Wildman–Crippen LogP) is 4.38. The van der Waals surface area contributed by atoms with Crippen LogP contribution in [0.4, 0.5) is 4.79 Å². The zero-order chi connectivity index (χ0) is 21.0. The monoisotopic (exact) mass is 418 g/mol. The number of nitrogens with one attached hydrogen (secondary N) is 1. The van der Waals surface area contributed by atoms with Crippen molar-refractivity contribution in [1.82, 2.24) is 19.8 Å². The first kappa shape index (κ1) is 20.1. The zero-order valence-corrected chi connectivity index (χ0v) is 17.8. The molecule has 2 saturated heterocycles. The molecule has 6 nitrogen and oxygen atoms in total. The molecular formula is C25H30N4O2. The topological polar surface area (TPSA) is 59.4 Å². The van der Waals surface area contributed by atoms with Gasteiger partial charge in [-0.1, -0.05) is 42.5 Å². The van der Waals surface area contributed by atoms with Crippen LogP contribution in [0.2, 0.25) is 0 Å². The van der Waals surface area contributed by atoms with Gasteiger partial charge < -0.3 is 19.5 Å². The lowest BCUT2D eigenvalue weighted by Gasteiger charge is -2.29. The third kappa shape index (κ3) is 4.44. The largest absolute Gasteiger partial charge is 0.381 e. The first-order valence-corrected chi connectivity index (χ1v) is 11.4. The lowest BCUT2D eigenvalue weighted by Crippen LogP contribution is -2.45. The number of ether oxygens (including phenoxy) is 1. The first-order valence-electron chi connectivity index (χ1n) is 11.4. The predicted molar refractivity (Wildman–Crippen MR) is 121 cm³/mol. The summed E-state index contributed by atoms with van der Waals surface area (Å²) in [5, 5.41) is 3.36. The summed E-state index contributed by atoms with van der Waals surface area (Å²) >= 11 is 0. The fourth-order valence-corrected chi connectivity index (χ4v) is 4.97. The molecule has 3 aromatic rings. The van der Waals surface area contributed by atoms with Gasteiger partial charge in [0.25, 0.3) is 0 Å². The summed E-state index contributed by atoms with van der Waals surface area (Å²) in [5.74, 6) is 0.497. The minimum Gasteiger partial charge on any atom is -0.381 e. The third-order valence-electron chi connectivity index (χ3n) is 6.67. The molecule has 2 amide bonds. The van der Waals surface area contributed by atoms with E-state index in [4.69, 9.17) is 4.74 Å². The van der Waals surface area contributed by atoms with Gasteiger partial charge >= 0.3 is 6.03 Å². The Morgan fingerprint density at radius 2 is 1.97 bits per heavy atom. The van der Waals surface area contributed by atoms with E-state index in [1.807, 2.05) is 47.6 Å². The number of amides is 2. The number of para-hydroxylation sites is 2. The molecule has 5 rings (SSSR count). The number of carbonyl (C=O) groups excluding carboxylic acids is 1. The minimum atomic E-state index is 0.00993. The molecule has 0 saturated carbocycles. The van der Waals surface area contributed by atoms with E-state index in [2.05, 4.69) is 33.1 Å².